The van der Waals surface area contributed by atoms with E-state index in [1.165, 1.54) is 50.8 Å². The largest absolute Gasteiger partial charge is 0.468 e. The number of hydrogen-bond acceptors (Lipinski definition) is 6. The second-order valence-electron chi connectivity index (χ2n) is 9.74. The Kier molecular flexibility index (Phi) is 8.57. The summed E-state index contributed by atoms with van der Waals surface area (Å²) in [5.41, 5.74) is 1.98. The van der Waals surface area contributed by atoms with Crippen LogP contribution in [0.4, 0.5) is 0 Å². The van der Waals surface area contributed by atoms with E-state index in [4.69, 9.17) is 9.57 Å². The lowest BCUT2D eigenvalue weighted by atomic mass is 9.94. The van der Waals surface area contributed by atoms with Crippen molar-refractivity contribution in [1.29, 1.82) is 0 Å². The molecule has 1 aromatic carbocycles. The van der Waals surface area contributed by atoms with E-state index in [1.54, 1.807) is 0 Å². The van der Waals surface area contributed by atoms with Crippen molar-refractivity contribution in [3.8, 4) is 5.75 Å². The molecule has 4 rings (SSSR count). The Morgan fingerprint density at radius 2 is 1.75 bits per heavy atom. The highest BCUT2D eigenvalue weighted by Gasteiger charge is 2.44. The van der Waals surface area contributed by atoms with Crippen LogP contribution in [0.1, 0.15) is 63.4 Å². The number of nitrogens with zero attached hydrogens (tertiary/aromatic N) is 3. The minimum Gasteiger partial charge on any atom is -0.468 e. The fourth-order valence-corrected chi connectivity index (χ4v) is 4.91. The fourth-order valence-electron chi connectivity index (χ4n) is 4.91. The molecule has 1 aromatic rings. The van der Waals surface area contributed by atoms with Crippen LogP contribution in [0.2, 0.25) is 0 Å². The Morgan fingerprint density at radius 3 is 2.44 bits per heavy atom. The van der Waals surface area contributed by atoms with Crippen LogP contribution in [0.25, 0.3) is 0 Å². The number of ether oxygens (including phenoxy) is 1. The molecule has 0 amide bonds. The molecule has 6 heteroatoms. The van der Waals surface area contributed by atoms with E-state index in [-0.39, 0.29) is 0 Å². The number of aldehydes is 1. The maximum atomic E-state index is 11.5. The van der Waals surface area contributed by atoms with Crippen LogP contribution in [0, 0.1) is 5.41 Å². The average molecular weight is 442 g/mol. The summed E-state index contributed by atoms with van der Waals surface area (Å²) in [4.78, 5) is 21.6. The van der Waals surface area contributed by atoms with Gasteiger partial charge in [0, 0.05) is 25.8 Å². The lowest BCUT2D eigenvalue weighted by molar-refractivity contribution is -0.122. The maximum absolute atomic E-state index is 11.5. The third-order valence-corrected chi connectivity index (χ3v) is 7.34. The first-order chi connectivity index (χ1) is 15.8. The van der Waals surface area contributed by atoms with Gasteiger partial charge < -0.3 is 14.5 Å². The van der Waals surface area contributed by atoms with Crippen molar-refractivity contribution < 1.29 is 14.4 Å². The number of benzene rings is 1. The second kappa shape index (κ2) is 11.8. The van der Waals surface area contributed by atoms with Crippen molar-refractivity contribution in [2.75, 3.05) is 39.3 Å². The molecular weight excluding hydrogens is 402 g/mol. The molecule has 0 radical (unpaired) electrons. The number of carbonyl (C=O) groups is 1. The van der Waals surface area contributed by atoms with Gasteiger partial charge in [0.2, 0.25) is 6.23 Å². The number of piperidine rings is 2. The molecule has 2 saturated heterocycles. The minimum absolute atomic E-state index is 0.477. The maximum Gasteiger partial charge on any atom is 0.209 e. The summed E-state index contributed by atoms with van der Waals surface area (Å²) in [6.45, 7) is 6.22. The summed E-state index contributed by atoms with van der Waals surface area (Å²) in [6, 6.07) is 8.03. The molecule has 6 nitrogen and oxygen atoms in total. The molecule has 1 saturated carbocycles. The predicted octanol–water partition coefficient (Wildman–Crippen LogP) is 4.28. The Hall–Kier alpha value is -1.92. The van der Waals surface area contributed by atoms with Crippen LogP contribution in [-0.4, -0.2) is 67.9 Å². The molecule has 1 aliphatic carbocycles. The molecule has 2 aliphatic heterocycles. The van der Waals surface area contributed by atoms with Crippen molar-refractivity contribution in [3.63, 3.8) is 0 Å². The van der Waals surface area contributed by atoms with Crippen LogP contribution < -0.4 is 4.74 Å². The molecule has 1 atom stereocenters. The number of aryl methyl sites for hydroxylation is 1. The molecule has 1 unspecified atom stereocenters. The van der Waals surface area contributed by atoms with Crippen LogP contribution in [-0.2, 0) is 16.1 Å². The molecule has 0 aromatic heterocycles. The highest BCUT2D eigenvalue weighted by atomic mass is 16.6. The molecule has 176 valence electrons. The van der Waals surface area contributed by atoms with E-state index in [1.807, 2.05) is 18.3 Å². The van der Waals surface area contributed by atoms with Crippen LogP contribution in [0.15, 0.2) is 29.4 Å². The third-order valence-electron chi connectivity index (χ3n) is 7.34. The standard InChI is InChI=1S/C26H39N3O3/c30-22-25(29-17-2-1-3-18-29)32-24-9-7-23(8-10-24)6-4-15-27-31-21-5-16-28-19-13-26(11-12-26)14-20-28/h7-10,15,22,25H,1-6,11-14,16-21H2. The van der Waals surface area contributed by atoms with Gasteiger partial charge in [-0.25, -0.2) is 0 Å². The van der Waals surface area contributed by atoms with E-state index >= 15 is 0 Å². The first kappa shape index (κ1) is 23.2. The number of likely N-dealkylation sites (tertiary alicyclic amines) is 2. The van der Waals surface area contributed by atoms with Crippen LogP contribution in [0.3, 0.4) is 0 Å². The van der Waals surface area contributed by atoms with Crippen molar-refractivity contribution in [1.82, 2.24) is 9.80 Å². The van der Waals surface area contributed by atoms with E-state index in [2.05, 4.69) is 27.1 Å². The van der Waals surface area contributed by atoms with Gasteiger partial charge in [0.05, 0.1) is 0 Å². The SMILES string of the molecule is O=CC(Oc1ccc(CCC=NOCCCN2CCC3(CC2)CC3)cc1)N1CCCCC1. The topological polar surface area (TPSA) is 54.4 Å². The summed E-state index contributed by atoms with van der Waals surface area (Å²) in [7, 11) is 0. The van der Waals surface area contributed by atoms with E-state index in [9.17, 15) is 4.79 Å². The molecule has 3 fully saturated rings. The molecule has 3 aliphatic rings. The van der Waals surface area contributed by atoms with Gasteiger partial charge in [-0.3, -0.25) is 9.69 Å². The molecular formula is C26H39N3O3. The Morgan fingerprint density at radius 1 is 1.00 bits per heavy atom. The van der Waals surface area contributed by atoms with Crippen molar-refractivity contribution in [2.45, 2.75) is 70.4 Å². The van der Waals surface area contributed by atoms with Crippen LogP contribution in [0.5, 0.6) is 5.75 Å². The van der Waals surface area contributed by atoms with Crippen molar-refractivity contribution >= 4 is 12.5 Å². The lowest BCUT2D eigenvalue weighted by Gasteiger charge is -2.31. The number of oxime groups is 1. The zero-order valence-corrected chi connectivity index (χ0v) is 19.4. The van der Waals surface area contributed by atoms with Gasteiger partial charge >= 0.3 is 0 Å². The quantitative estimate of drug-likeness (QED) is 0.210. The highest BCUT2D eigenvalue weighted by molar-refractivity contribution is 5.57. The average Bonchev–Trinajstić information content (AvgIpc) is 3.60. The van der Waals surface area contributed by atoms with Crippen LogP contribution >= 0.6 is 0 Å². The van der Waals surface area contributed by atoms with Gasteiger partial charge in [-0.05, 0) is 94.0 Å². The zero-order valence-electron chi connectivity index (χ0n) is 19.4. The summed E-state index contributed by atoms with van der Waals surface area (Å²) in [5.74, 6) is 0.745. The summed E-state index contributed by atoms with van der Waals surface area (Å²) in [5, 5.41) is 4.11. The summed E-state index contributed by atoms with van der Waals surface area (Å²) in [6.07, 6.45) is 14.3. The smallest absolute Gasteiger partial charge is 0.209 e. The summed E-state index contributed by atoms with van der Waals surface area (Å²) >= 11 is 0. The van der Waals surface area contributed by atoms with Crippen molar-refractivity contribution in [3.05, 3.63) is 29.8 Å². The molecule has 32 heavy (non-hydrogen) atoms. The fraction of sp³-hybridized carbons (Fsp3) is 0.692. The van der Waals surface area contributed by atoms with Gasteiger partial charge in [0.15, 0.2) is 6.29 Å². The zero-order chi connectivity index (χ0) is 22.1. The van der Waals surface area contributed by atoms with E-state index in [0.717, 1.165) is 69.2 Å². The van der Waals surface area contributed by atoms with Gasteiger partial charge in [0.25, 0.3) is 0 Å². The minimum atomic E-state index is -0.477. The van der Waals surface area contributed by atoms with Crippen molar-refractivity contribution in [2.24, 2.45) is 10.6 Å². The summed E-state index contributed by atoms with van der Waals surface area (Å²) < 4.78 is 5.90. The molecule has 0 N–H and O–H groups in total. The monoisotopic (exact) mass is 441 g/mol. The van der Waals surface area contributed by atoms with Gasteiger partial charge in [-0.15, -0.1) is 0 Å². The highest BCUT2D eigenvalue weighted by Crippen LogP contribution is 2.53. The first-order valence-corrected chi connectivity index (χ1v) is 12.6. The third kappa shape index (κ3) is 7.04. The van der Waals surface area contributed by atoms with Gasteiger partial charge in [-0.2, -0.15) is 0 Å². The Labute approximate surface area is 192 Å². The molecule has 1 spiro atoms. The lowest BCUT2D eigenvalue weighted by Crippen LogP contribution is -2.43. The number of rotatable bonds is 12. The van der Waals surface area contributed by atoms with E-state index < -0.39 is 6.23 Å². The molecule has 0 bridgehead atoms. The Bertz CT molecular complexity index is 716. The number of hydrogen-bond donors (Lipinski definition) is 0. The van der Waals surface area contributed by atoms with E-state index in [0.29, 0.717) is 6.61 Å². The number of carbonyl (C=O) groups excluding carboxylic acids is 1. The Balaban J connectivity index is 1.06. The predicted molar refractivity (Wildman–Crippen MR) is 127 cm³/mol. The second-order valence-corrected chi connectivity index (χ2v) is 9.74. The van der Waals surface area contributed by atoms with Gasteiger partial charge in [-0.1, -0.05) is 23.7 Å². The first-order valence-electron chi connectivity index (χ1n) is 12.6. The van der Waals surface area contributed by atoms with Gasteiger partial charge in [0.1, 0.15) is 12.4 Å². The molecule has 2 heterocycles. The normalized spacial score (nSPS) is 22.1.